The van der Waals surface area contributed by atoms with Crippen molar-refractivity contribution in [3.63, 3.8) is 0 Å². The number of pyridine rings is 1. The maximum atomic E-state index is 12.1. The lowest BCUT2D eigenvalue weighted by Crippen LogP contribution is -2.35. The zero-order chi connectivity index (χ0) is 13.8. The van der Waals surface area contributed by atoms with E-state index in [1.54, 1.807) is 18.2 Å². The lowest BCUT2D eigenvalue weighted by Gasteiger charge is -2.07. The van der Waals surface area contributed by atoms with Crippen LogP contribution in [0.25, 0.3) is 10.8 Å². The second-order valence-electron chi connectivity index (χ2n) is 4.01. The van der Waals surface area contributed by atoms with Crippen molar-refractivity contribution < 1.29 is 14.7 Å². The SMILES string of the molecule is O=C(O)CNC(=O)Cn1ccc2ccccc2c1=O. The minimum Gasteiger partial charge on any atom is -0.480 e. The van der Waals surface area contributed by atoms with Gasteiger partial charge in [0.1, 0.15) is 13.1 Å². The number of carboxylic acids is 1. The van der Waals surface area contributed by atoms with Crippen LogP contribution in [0, 0.1) is 0 Å². The molecule has 0 aliphatic rings. The Morgan fingerprint density at radius 1 is 1.21 bits per heavy atom. The van der Waals surface area contributed by atoms with Crippen LogP contribution in [0.4, 0.5) is 0 Å². The Morgan fingerprint density at radius 3 is 2.68 bits per heavy atom. The number of hydrogen-bond acceptors (Lipinski definition) is 3. The van der Waals surface area contributed by atoms with Gasteiger partial charge in [0, 0.05) is 11.6 Å². The van der Waals surface area contributed by atoms with Gasteiger partial charge in [0.15, 0.2) is 0 Å². The maximum absolute atomic E-state index is 12.1. The molecule has 1 heterocycles. The summed E-state index contributed by atoms with van der Waals surface area (Å²) in [4.78, 5) is 33.9. The Labute approximate surface area is 108 Å². The second kappa shape index (κ2) is 5.34. The number of fused-ring (bicyclic) bond motifs is 1. The fourth-order valence-electron chi connectivity index (χ4n) is 1.74. The molecule has 0 aliphatic heterocycles. The largest absolute Gasteiger partial charge is 0.480 e. The maximum Gasteiger partial charge on any atom is 0.322 e. The van der Waals surface area contributed by atoms with Crippen molar-refractivity contribution in [3.8, 4) is 0 Å². The number of carbonyl (C=O) groups is 2. The van der Waals surface area contributed by atoms with Gasteiger partial charge >= 0.3 is 5.97 Å². The van der Waals surface area contributed by atoms with Crippen molar-refractivity contribution in [3.05, 3.63) is 46.9 Å². The summed E-state index contributed by atoms with van der Waals surface area (Å²) in [5.74, 6) is -1.64. The summed E-state index contributed by atoms with van der Waals surface area (Å²) in [6, 6.07) is 8.81. The van der Waals surface area contributed by atoms with Crippen LogP contribution in [0.1, 0.15) is 0 Å². The molecule has 0 saturated carbocycles. The number of hydrogen-bond donors (Lipinski definition) is 2. The Morgan fingerprint density at radius 2 is 1.95 bits per heavy atom. The molecule has 0 radical (unpaired) electrons. The molecule has 2 rings (SSSR count). The third-order valence-electron chi connectivity index (χ3n) is 2.64. The van der Waals surface area contributed by atoms with E-state index in [0.29, 0.717) is 5.39 Å². The Hall–Kier alpha value is -2.63. The Kier molecular flexibility index (Phi) is 3.61. The molecule has 0 fully saturated rings. The topological polar surface area (TPSA) is 88.4 Å². The first-order valence-electron chi connectivity index (χ1n) is 5.64. The zero-order valence-corrected chi connectivity index (χ0v) is 10.00. The monoisotopic (exact) mass is 260 g/mol. The highest BCUT2D eigenvalue weighted by atomic mass is 16.4. The molecule has 6 heteroatoms. The molecule has 0 spiro atoms. The summed E-state index contributed by atoms with van der Waals surface area (Å²) in [5, 5.41) is 12.0. The first-order chi connectivity index (χ1) is 9.08. The van der Waals surface area contributed by atoms with Gasteiger partial charge in [0.25, 0.3) is 5.56 Å². The molecule has 1 aromatic carbocycles. The van der Waals surface area contributed by atoms with Gasteiger partial charge in [-0.15, -0.1) is 0 Å². The molecule has 19 heavy (non-hydrogen) atoms. The molecule has 6 nitrogen and oxygen atoms in total. The summed E-state index contributed by atoms with van der Waals surface area (Å²) in [6.45, 7) is -0.655. The summed E-state index contributed by atoms with van der Waals surface area (Å²) in [7, 11) is 0. The van der Waals surface area contributed by atoms with E-state index in [9.17, 15) is 14.4 Å². The number of benzene rings is 1. The molecule has 0 unspecified atom stereocenters. The predicted octanol–water partition coefficient (Wildman–Crippen LogP) is 0.202. The summed E-state index contributed by atoms with van der Waals surface area (Å²) >= 11 is 0. The van der Waals surface area contributed by atoms with Gasteiger partial charge in [-0.05, 0) is 17.5 Å². The van der Waals surface area contributed by atoms with E-state index in [-0.39, 0.29) is 12.1 Å². The average Bonchev–Trinajstić information content (AvgIpc) is 2.40. The van der Waals surface area contributed by atoms with Crippen LogP contribution in [0.5, 0.6) is 0 Å². The van der Waals surface area contributed by atoms with Gasteiger partial charge in [-0.25, -0.2) is 0 Å². The number of amides is 1. The third kappa shape index (κ3) is 2.98. The first kappa shape index (κ1) is 12.8. The predicted molar refractivity (Wildman–Crippen MR) is 68.9 cm³/mol. The molecule has 0 bridgehead atoms. The van der Waals surface area contributed by atoms with E-state index in [1.807, 2.05) is 12.1 Å². The number of nitrogens with zero attached hydrogens (tertiary/aromatic N) is 1. The highest BCUT2D eigenvalue weighted by molar-refractivity contribution is 5.83. The number of carbonyl (C=O) groups excluding carboxylic acids is 1. The highest BCUT2D eigenvalue weighted by Gasteiger charge is 2.07. The molecule has 2 aromatic rings. The normalized spacial score (nSPS) is 10.3. The van der Waals surface area contributed by atoms with Gasteiger partial charge in [-0.3, -0.25) is 14.4 Å². The molecule has 2 N–H and O–H groups in total. The first-order valence-corrected chi connectivity index (χ1v) is 5.64. The van der Waals surface area contributed by atoms with Crippen LogP contribution in [0.15, 0.2) is 41.3 Å². The second-order valence-corrected chi connectivity index (χ2v) is 4.01. The van der Waals surface area contributed by atoms with E-state index in [1.165, 1.54) is 10.8 Å². The lowest BCUT2D eigenvalue weighted by atomic mass is 10.2. The third-order valence-corrected chi connectivity index (χ3v) is 2.64. The van der Waals surface area contributed by atoms with E-state index in [4.69, 9.17) is 5.11 Å². The van der Waals surface area contributed by atoms with Gasteiger partial charge in [0.2, 0.25) is 5.91 Å². The number of carboxylic acid groups (broad SMARTS) is 1. The lowest BCUT2D eigenvalue weighted by molar-refractivity contribution is -0.138. The van der Waals surface area contributed by atoms with Crippen LogP contribution in [0.2, 0.25) is 0 Å². The van der Waals surface area contributed by atoms with Crippen molar-refractivity contribution in [1.82, 2.24) is 9.88 Å². The molecule has 98 valence electrons. The van der Waals surface area contributed by atoms with Gasteiger partial charge in [-0.1, -0.05) is 18.2 Å². The van der Waals surface area contributed by atoms with Crippen LogP contribution >= 0.6 is 0 Å². The molecular formula is C13H12N2O4. The van der Waals surface area contributed by atoms with E-state index < -0.39 is 18.4 Å². The summed E-state index contributed by atoms with van der Waals surface area (Å²) in [5.41, 5.74) is -0.274. The quantitative estimate of drug-likeness (QED) is 0.822. The number of aliphatic carboxylic acids is 1. The molecule has 0 atom stereocenters. The molecule has 0 aliphatic carbocycles. The fraction of sp³-hybridized carbons (Fsp3) is 0.154. The molecular weight excluding hydrogens is 248 g/mol. The summed E-state index contributed by atoms with van der Waals surface area (Å²) in [6.07, 6.45) is 1.52. The summed E-state index contributed by atoms with van der Waals surface area (Å²) < 4.78 is 1.25. The number of nitrogens with one attached hydrogen (secondary N) is 1. The van der Waals surface area contributed by atoms with E-state index in [0.717, 1.165) is 5.39 Å². The molecule has 0 saturated heterocycles. The Bertz CT molecular complexity index is 690. The van der Waals surface area contributed by atoms with Crippen molar-refractivity contribution in [2.75, 3.05) is 6.54 Å². The van der Waals surface area contributed by atoms with Crippen LogP contribution in [-0.2, 0) is 16.1 Å². The minimum absolute atomic E-state index is 0.197. The van der Waals surface area contributed by atoms with Crippen LogP contribution in [-0.4, -0.2) is 28.1 Å². The number of aromatic nitrogens is 1. The Balaban J connectivity index is 2.22. The van der Waals surface area contributed by atoms with Crippen molar-refractivity contribution in [1.29, 1.82) is 0 Å². The smallest absolute Gasteiger partial charge is 0.322 e. The van der Waals surface area contributed by atoms with E-state index >= 15 is 0 Å². The average molecular weight is 260 g/mol. The van der Waals surface area contributed by atoms with Gasteiger partial charge in [-0.2, -0.15) is 0 Å². The van der Waals surface area contributed by atoms with E-state index in [2.05, 4.69) is 5.32 Å². The van der Waals surface area contributed by atoms with Crippen molar-refractivity contribution in [2.24, 2.45) is 0 Å². The molecule has 1 aromatic heterocycles. The van der Waals surface area contributed by atoms with Crippen LogP contribution in [0.3, 0.4) is 0 Å². The fourth-order valence-corrected chi connectivity index (χ4v) is 1.74. The van der Waals surface area contributed by atoms with Gasteiger partial charge in [0.05, 0.1) is 0 Å². The number of rotatable bonds is 4. The van der Waals surface area contributed by atoms with Gasteiger partial charge < -0.3 is 15.0 Å². The van der Waals surface area contributed by atoms with Crippen molar-refractivity contribution in [2.45, 2.75) is 6.54 Å². The highest BCUT2D eigenvalue weighted by Crippen LogP contribution is 2.07. The van der Waals surface area contributed by atoms with Crippen LogP contribution < -0.4 is 10.9 Å². The minimum atomic E-state index is -1.13. The van der Waals surface area contributed by atoms with Crippen molar-refractivity contribution >= 4 is 22.6 Å². The molecule has 1 amide bonds. The standard InChI is InChI=1S/C13H12N2O4/c16-11(14-7-12(17)18)8-15-6-5-9-3-1-2-4-10(9)13(15)19/h1-6H,7-8H2,(H,14,16)(H,17,18). The zero-order valence-electron chi connectivity index (χ0n) is 10.00.